The number of nitrogens with zero attached hydrogens (tertiary/aromatic N) is 12. The molecule has 0 aliphatic rings. The molecule has 58 heavy (non-hydrogen) atoms. The van der Waals surface area contributed by atoms with Crippen LogP contribution in [0.15, 0.2) is 158 Å². The predicted molar refractivity (Wildman–Crippen MR) is 215 cm³/mol. The number of benzene rings is 3. The molecule has 0 fully saturated rings. The molecule has 11 rings (SSSR count). The summed E-state index contributed by atoms with van der Waals surface area (Å²) < 4.78 is 33.5. The lowest BCUT2D eigenvalue weighted by Crippen LogP contribution is -2.20. The van der Waals surface area contributed by atoms with E-state index in [4.69, 9.17) is 5.10 Å². The molecule has 278 valence electrons. The number of hydrogen-bond acceptors (Lipinski definition) is 10. The Hall–Kier alpha value is -8.00. The average Bonchev–Trinajstić information content (AvgIpc) is 3.90. The fraction of sp³-hybridized carbons (Fsp3) is 0.0455. The van der Waals surface area contributed by atoms with Gasteiger partial charge in [0.25, 0.3) is 0 Å². The highest BCUT2D eigenvalue weighted by Gasteiger charge is 2.40. The molecule has 0 aliphatic carbocycles. The van der Waals surface area contributed by atoms with E-state index in [0.29, 0.717) is 23.0 Å². The van der Waals surface area contributed by atoms with Gasteiger partial charge in [0.15, 0.2) is 17.1 Å². The van der Waals surface area contributed by atoms with Gasteiger partial charge in [0.1, 0.15) is 0 Å². The van der Waals surface area contributed by atoms with E-state index in [2.05, 4.69) is 75.8 Å². The molecule has 0 aliphatic heterocycles. The molecule has 0 saturated carbocycles. The van der Waals surface area contributed by atoms with Gasteiger partial charge in [-0.2, -0.15) is 28.0 Å². The van der Waals surface area contributed by atoms with E-state index in [1.807, 2.05) is 53.2 Å². The summed E-state index contributed by atoms with van der Waals surface area (Å²) in [5.74, 6) is -3.13. The summed E-state index contributed by atoms with van der Waals surface area (Å²) in [6, 6.07) is 39.0. The molecular weight excluding hydrogens is 735 g/mol. The molecule has 12 nitrogen and oxygen atoms in total. The maximum absolute atomic E-state index is 15.3. The fourth-order valence-corrected chi connectivity index (χ4v) is 6.79. The second-order valence-electron chi connectivity index (χ2n) is 13.5. The van der Waals surface area contributed by atoms with Crippen LogP contribution in [0.25, 0.3) is 66.5 Å². The van der Waals surface area contributed by atoms with Crippen molar-refractivity contribution in [3.05, 3.63) is 181 Å². The van der Waals surface area contributed by atoms with Crippen LogP contribution in [-0.2, 0) is 12.3 Å². The predicted octanol–water partition coefficient (Wildman–Crippen LogP) is 8.35. The van der Waals surface area contributed by atoms with Crippen LogP contribution in [0, 0.1) is 0 Å². The zero-order chi connectivity index (χ0) is 39.1. The summed E-state index contributed by atoms with van der Waals surface area (Å²) in [7, 11) is 0. The average molecular weight is 763 g/mol. The number of hydrogen-bond donors (Lipinski definition) is 0. The van der Waals surface area contributed by atoms with Gasteiger partial charge in [-0.3, -0.25) is 19.9 Å². The van der Waals surface area contributed by atoms with Crippen LogP contribution in [0.2, 0.25) is 0 Å². The van der Waals surface area contributed by atoms with E-state index in [0.717, 1.165) is 60.2 Å². The summed E-state index contributed by atoms with van der Waals surface area (Å²) in [5.41, 5.74) is 7.60. The molecule has 0 unspecified atom stereocenters. The SMILES string of the molecule is FC(F)(c1ccc2ncccc2c1)c1nnc2ccc(-c3ccncc3)nn12.c1cnc2ccc(Cc3nnc4ccc(-c5cnc6ccccc6c5)nn34)cc2c1. The van der Waals surface area contributed by atoms with Crippen molar-refractivity contribution in [2.75, 3.05) is 0 Å². The van der Waals surface area contributed by atoms with Crippen LogP contribution >= 0.6 is 0 Å². The topological polar surface area (TPSA) is 138 Å². The van der Waals surface area contributed by atoms with Crippen LogP contribution in [0.3, 0.4) is 0 Å². The van der Waals surface area contributed by atoms with E-state index in [9.17, 15) is 0 Å². The Bertz CT molecular complexity index is 3280. The molecule has 0 amide bonds. The standard InChI is InChI=1S/C24H16N6.C20H12F2N6/c1-2-6-20-18(4-1)14-19(15-26-20)22-9-10-23-27-28-24(30(23)29-22)13-16-7-8-21-17(12-16)5-3-11-25-21;21-20(22,15-3-4-16-14(12-15)2-1-9-24-16)19-26-25-18-6-5-17(27-28(18)19)13-7-10-23-11-8-13/h1-12,14-15H,13H2;1-12H. The molecule has 8 heterocycles. The Kier molecular flexibility index (Phi) is 8.47. The lowest BCUT2D eigenvalue weighted by molar-refractivity contribution is 0.0307. The number of rotatable bonds is 6. The summed E-state index contributed by atoms with van der Waals surface area (Å²) in [6.45, 7) is 0. The largest absolute Gasteiger partial charge is 0.333 e. The van der Waals surface area contributed by atoms with Crippen molar-refractivity contribution in [1.82, 2.24) is 59.6 Å². The van der Waals surface area contributed by atoms with E-state index in [1.165, 1.54) is 12.1 Å². The molecule has 0 bridgehead atoms. The minimum Gasteiger partial charge on any atom is -0.265 e. The van der Waals surface area contributed by atoms with Crippen molar-refractivity contribution in [2.45, 2.75) is 12.3 Å². The third-order valence-electron chi connectivity index (χ3n) is 9.73. The van der Waals surface area contributed by atoms with Crippen LogP contribution in [0.5, 0.6) is 0 Å². The van der Waals surface area contributed by atoms with Crippen molar-refractivity contribution >= 4 is 44.0 Å². The minimum absolute atomic E-state index is 0.196. The molecule has 14 heteroatoms. The monoisotopic (exact) mass is 762 g/mol. The third-order valence-corrected chi connectivity index (χ3v) is 9.73. The normalized spacial score (nSPS) is 11.7. The third kappa shape index (κ3) is 6.47. The number of pyridine rings is 4. The quantitative estimate of drug-likeness (QED) is 0.163. The molecule has 11 aromatic rings. The van der Waals surface area contributed by atoms with E-state index in [1.54, 1.807) is 67.3 Å². The van der Waals surface area contributed by atoms with Gasteiger partial charge in [0, 0.05) is 70.3 Å². The van der Waals surface area contributed by atoms with Gasteiger partial charge in [-0.1, -0.05) is 42.5 Å². The zero-order valence-corrected chi connectivity index (χ0v) is 30.3. The van der Waals surface area contributed by atoms with E-state index in [-0.39, 0.29) is 11.2 Å². The van der Waals surface area contributed by atoms with Crippen molar-refractivity contribution in [3.8, 4) is 22.5 Å². The first kappa shape index (κ1) is 34.5. The Balaban J connectivity index is 0.000000141. The van der Waals surface area contributed by atoms with Gasteiger partial charge in [-0.05, 0) is 90.5 Å². The summed E-state index contributed by atoms with van der Waals surface area (Å²) in [4.78, 5) is 17.1. The van der Waals surface area contributed by atoms with Gasteiger partial charge in [0.2, 0.25) is 5.82 Å². The summed E-state index contributed by atoms with van der Waals surface area (Å²) >= 11 is 0. The maximum Gasteiger partial charge on any atom is 0.333 e. The van der Waals surface area contributed by atoms with E-state index < -0.39 is 11.7 Å². The van der Waals surface area contributed by atoms with Gasteiger partial charge in [-0.15, -0.1) is 20.4 Å². The number of fused-ring (bicyclic) bond motifs is 5. The fourth-order valence-electron chi connectivity index (χ4n) is 6.79. The Morgan fingerprint density at radius 1 is 0.500 bits per heavy atom. The summed E-state index contributed by atoms with van der Waals surface area (Å²) in [6.07, 6.45) is 9.16. The smallest absolute Gasteiger partial charge is 0.265 e. The lowest BCUT2D eigenvalue weighted by Gasteiger charge is -2.15. The van der Waals surface area contributed by atoms with Crippen molar-refractivity contribution in [3.63, 3.8) is 0 Å². The van der Waals surface area contributed by atoms with Crippen molar-refractivity contribution < 1.29 is 8.78 Å². The molecule has 0 N–H and O–H groups in total. The zero-order valence-electron chi connectivity index (χ0n) is 30.3. The number of aromatic nitrogens is 12. The lowest BCUT2D eigenvalue weighted by atomic mass is 10.0. The molecule has 3 aromatic carbocycles. The summed E-state index contributed by atoms with van der Waals surface area (Å²) in [5, 5.41) is 28.2. The van der Waals surface area contributed by atoms with Crippen LogP contribution in [-0.4, -0.2) is 59.6 Å². The first-order valence-electron chi connectivity index (χ1n) is 18.2. The van der Waals surface area contributed by atoms with Gasteiger partial charge in [-0.25, -0.2) is 0 Å². The van der Waals surface area contributed by atoms with Crippen LogP contribution in [0.1, 0.15) is 22.8 Å². The highest BCUT2D eigenvalue weighted by molar-refractivity contribution is 5.83. The maximum atomic E-state index is 15.3. The second-order valence-corrected chi connectivity index (χ2v) is 13.5. The van der Waals surface area contributed by atoms with Crippen molar-refractivity contribution in [2.24, 2.45) is 0 Å². The minimum atomic E-state index is -3.38. The van der Waals surface area contributed by atoms with Crippen LogP contribution < -0.4 is 0 Å². The Morgan fingerprint density at radius 2 is 1.14 bits per heavy atom. The van der Waals surface area contributed by atoms with Crippen LogP contribution in [0.4, 0.5) is 8.78 Å². The molecule has 0 radical (unpaired) electrons. The molecular formula is C44H28F2N12. The Morgan fingerprint density at radius 3 is 1.95 bits per heavy atom. The van der Waals surface area contributed by atoms with Gasteiger partial charge >= 0.3 is 5.92 Å². The number of halogens is 2. The van der Waals surface area contributed by atoms with Crippen molar-refractivity contribution in [1.29, 1.82) is 0 Å². The highest BCUT2D eigenvalue weighted by atomic mass is 19.3. The number of para-hydroxylation sites is 1. The van der Waals surface area contributed by atoms with Gasteiger partial charge < -0.3 is 0 Å². The molecule has 0 saturated heterocycles. The molecule has 0 spiro atoms. The Labute approximate surface area is 327 Å². The van der Waals surface area contributed by atoms with Gasteiger partial charge in [0.05, 0.1) is 27.9 Å². The molecule has 8 aromatic heterocycles. The highest BCUT2D eigenvalue weighted by Crippen LogP contribution is 2.36. The first-order chi connectivity index (χ1) is 28.5. The molecule has 0 atom stereocenters. The van der Waals surface area contributed by atoms with E-state index >= 15 is 8.78 Å². The first-order valence-corrected chi connectivity index (χ1v) is 18.2. The number of alkyl halides is 2. The second kappa shape index (κ2) is 14.3.